The Balaban J connectivity index is 2.23. The largest absolute Gasteiger partial charge is 0.342 e. The van der Waals surface area contributed by atoms with Gasteiger partial charge in [-0.3, -0.25) is 0 Å². The predicted molar refractivity (Wildman–Crippen MR) is 67.6 cm³/mol. The van der Waals surface area contributed by atoms with Crippen LogP contribution >= 0.6 is 0 Å². The van der Waals surface area contributed by atoms with Gasteiger partial charge in [-0.2, -0.15) is 0 Å². The predicted octanol–water partition coefficient (Wildman–Crippen LogP) is 2.46. The number of aryl methyl sites for hydroxylation is 3. The number of nitrogens with zero attached hydrogens (tertiary/aromatic N) is 1. The van der Waals surface area contributed by atoms with Gasteiger partial charge in [-0.15, -0.1) is 0 Å². The average Bonchev–Trinajstić information content (AvgIpc) is 2.61. The van der Waals surface area contributed by atoms with E-state index in [1.165, 1.54) is 11.1 Å². The highest BCUT2D eigenvalue weighted by molar-refractivity contribution is 5.77. The minimum absolute atomic E-state index is 0.762. The fourth-order valence-corrected chi connectivity index (χ4v) is 1.88. The molecule has 3 N–H and O–H groups in total. The lowest BCUT2D eigenvalue weighted by molar-refractivity contribution is 0.724. The summed E-state index contributed by atoms with van der Waals surface area (Å²) in [7, 11) is 0. The van der Waals surface area contributed by atoms with Crippen molar-refractivity contribution in [3.8, 4) is 0 Å². The Hall–Kier alpha value is -1.35. The summed E-state index contributed by atoms with van der Waals surface area (Å²) in [5.74, 6) is 1.08. The van der Waals surface area contributed by atoms with Crippen molar-refractivity contribution in [2.45, 2.75) is 33.1 Å². The van der Waals surface area contributed by atoms with Gasteiger partial charge in [-0.05, 0) is 56.5 Å². The number of benzene rings is 1. The summed E-state index contributed by atoms with van der Waals surface area (Å²) in [6, 6.07) is 4.32. The average molecular weight is 217 g/mol. The maximum atomic E-state index is 5.48. The Kier molecular flexibility index (Phi) is 3.25. The number of nitrogens with two attached hydrogens (primary N) is 1. The standard InChI is InChI=1S/C13H19N3/c1-9-7-11-12(8-10(9)2)16-13(15-11)5-3-4-6-14/h7-8H,3-6,14H2,1-2H3,(H,15,16). The molecular formula is C13H19N3. The molecule has 2 aromatic rings. The molecule has 3 nitrogen and oxygen atoms in total. The highest BCUT2D eigenvalue weighted by Gasteiger charge is 2.04. The number of H-pyrrole nitrogens is 1. The number of hydrogen-bond donors (Lipinski definition) is 2. The van der Waals surface area contributed by atoms with Crippen LogP contribution in [-0.2, 0) is 6.42 Å². The van der Waals surface area contributed by atoms with Crippen LogP contribution in [0, 0.1) is 13.8 Å². The Morgan fingerprint density at radius 2 is 1.94 bits per heavy atom. The van der Waals surface area contributed by atoms with Crippen LogP contribution in [0.1, 0.15) is 29.8 Å². The first-order chi connectivity index (χ1) is 7.70. The third-order valence-electron chi connectivity index (χ3n) is 3.01. The lowest BCUT2D eigenvalue weighted by atomic mass is 10.1. The minimum atomic E-state index is 0.762. The molecular weight excluding hydrogens is 198 g/mol. The summed E-state index contributed by atoms with van der Waals surface area (Å²) in [6.45, 7) is 5.01. The Labute approximate surface area is 96.1 Å². The zero-order chi connectivity index (χ0) is 11.5. The summed E-state index contributed by atoms with van der Waals surface area (Å²) in [5, 5.41) is 0. The van der Waals surface area contributed by atoms with Crippen LogP contribution in [0.5, 0.6) is 0 Å². The molecule has 1 aromatic carbocycles. The molecule has 0 unspecified atom stereocenters. The summed E-state index contributed by atoms with van der Waals surface area (Å²) in [5.41, 5.74) is 10.3. The molecule has 0 aliphatic rings. The fourth-order valence-electron chi connectivity index (χ4n) is 1.88. The highest BCUT2D eigenvalue weighted by Crippen LogP contribution is 2.17. The Morgan fingerprint density at radius 1 is 1.19 bits per heavy atom. The zero-order valence-corrected chi connectivity index (χ0v) is 10.0. The van der Waals surface area contributed by atoms with Gasteiger partial charge in [0.25, 0.3) is 0 Å². The van der Waals surface area contributed by atoms with Crippen LogP contribution in [-0.4, -0.2) is 16.5 Å². The molecule has 0 bridgehead atoms. The van der Waals surface area contributed by atoms with Crippen molar-refractivity contribution in [2.24, 2.45) is 5.73 Å². The van der Waals surface area contributed by atoms with Gasteiger partial charge in [0, 0.05) is 6.42 Å². The van der Waals surface area contributed by atoms with Gasteiger partial charge in [0.05, 0.1) is 11.0 Å². The van der Waals surface area contributed by atoms with Gasteiger partial charge in [0.2, 0.25) is 0 Å². The lowest BCUT2D eigenvalue weighted by Crippen LogP contribution is -1.99. The van der Waals surface area contributed by atoms with E-state index in [-0.39, 0.29) is 0 Å². The van der Waals surface area contributed by atoms with Gasteiger partial charge in [-0.25, -0.2) is 4.98 Å². The highest BCUT2D eigenvalue weighted by atomic mass is 14.9. The van der Waals surface area contributed by atoms with Crippen molar-refractivity contribution >= 4 is 11.0 Å². The topological polar surface area (TPSA) is 54.7 Å². The summed E-state index contributed by atoms with van der Waals surface area (Å²) in [6.07, 6.45) is 3.16. The molecule has 0 aliphatic heterocycles. The first-order valence-corrected chi connectivity index (χ1v) is 5.86. The quantitative estimate of drug-likeness (QED) is 0.773. The van der Waals surface area contributed by atoms with E-state index >= 15 is 0 Å². The molecule has 1 aromatic heterocycles. The second kappa shape index (κ2) is 4.66. The van der Waals surface area contributed by atoms with Gasteiger partial charge < -0.3 is 10.7 Å². The number of fused-ring (bicyclic) bond motifs is 1. The minimum Gasteiger partial charge on any atom is -0.342 e. The molecule has 2 rings (SSSR count). The maximum absolute atomic E-state index is 5.48. The number of nitrogens with one attached hydrogen (secondary N) is 1. The molecule has 0 aliphatic carbocycles. The first kappa shape index (κ1) is 11.1. The molecule has 86 valence electrons. The van der Waals surface area contributed by atoms with Gasteiger partial charge in [-0.1, -0.05) is 0 Å². The fraction of sp³-hybridized carbons (Fsp3) is 0.462. The Bertz CT molecular complexity index is 446. The van der Waals surface area contributed by atoms with Crippen molar-refractivity contribution in [1.29, 1.82) is 0 Å². The van der Waals surface area contributed by atoms with Crippen molar-refractivity contribution < 1.29 is 0 Å². The monoisotopic (exact) mass is 217 g/mol. The molecule has 0 atom stereocenters. The van der Waals surface area contributed by atoms with Crippen LogP contribution < -0.4 is 5.73 Å². The normalized spacial score (nSPS) is 11.2. The number of aromatic amines is 1. The van der Waals surface area contributed by atoms with Gasteiger partial charge in [0.15, 0.2) is 0 Å². The van der Waals surface area contributed by atoms with E-state index in [9.17, 15) is 0 Å². The van der Waals surface area contributed by atoms with E-state index in [1.807, 2.05) is 0 Å². The van der Waals surface area contributed by atoms with E-state index in [0.29, 0.717) is 0 Å². The molecule has 0 saturated heterocycles. The van der Waals surface area contributed by atoms with E-state index in [2.05, 4.69) is 35.9 Å². The first-order valence-electron chi connectivity index (χ1n) is 5.86. The van der Waals surface area contributed by atoms with Crippen LogP contribution in [0.25, 0.3) is 11.0 Å². The summed E-state index contributed by atoms with van der Waals surface area (Å²) in [4.78, 5) is 7.96. The molecule has 1 heterocycles. The van der Waals surface area contributed by atoms with Crippen molar-refractivity contribution in [1.82, 2.24) is 9.97 Å². The molecule has 0 fully saturated rings. The summed E-state index contributed by atoms with van der Waals surface area (Å²) < 4.78 is 0. The maximum Gasteiger partial charge on any atom is 0.107 e. The number of imidazole rings is 1. The SMILES string of the molecule is Cc1cc2nc(CCCCN)[nH]c2cc1C. The second-order valence-corrected chi connectivity index (χ2v) is 4.38. The molecule has 0 saturated carbocycles. The number of aromatic nitrogens is 2. The van der Waals surface area contributed by atoms with Crippen LogP contribution in [0.4, 0.5) is 0 Å². The van der Waals surface area contributed by atoms with Crippen molar-refractivity contribution in [3.63, 3.8) is 0 Å². The number of unbranched alkanes of at least 4 members (excludes halogenated alkanes) is 1. The number of hydrogen-bond acceptors (Lipinski definition) is 2. The molecule has 3 heteroatoms. The van der Waals surface area contributed by atoms with E-state index in [1.54, 1.807) is 0 Å². The van der Waals surface area contributed by atoms with Crippen LogP contribution in [0.2, 0.25) is 0 Å². The number of rotatable bonds is 4. The van der Waals surface area contributed by atoms with Gasteiger partial charge in [0.1, 0.15) is 5.82 Å². The zero-order valence-electron chi connectivity index (χ0n) is 10.0. The molecule has 0 radical (unpaired) electrons. The molecule has 0 amide bonds. The summed E-state index contributed by atoms with van der Waals surface area (Å²) >= 11 is 0. The third kappa shape index (κ3) is 2.25. The Morgan fingerprint density at radius 3 is 2.69 bits per heavy atom. The van der Waals surface area contributed by atoms with E-state index < -0.39 is 0 Å². The van der Waals surface area contributed by atoms with E-state index in [0.717, 1.165) is 42.7 Å². The van der Waals surface area contributed by atoms with Crippen molar-refractivity contribution in [3.05, 3.63) is 29.1 Å². The third-order valence-corrected chi connectivity index (χ3v) is 3.01. The molecule has 16 heavy (non-hydrogen) atoms. The second-order valence-electron chi connectivity index (χ2n) is 4.38. The van der Waals surface area contributed by atoms with Crippen LogP contribution in [0.15, 0.2) is 12.1 Å². The van der Waals surface area contributed by atoms with E-state index in [4.69, 9.17) is 5.73 Å². The van der Waals surface area contributed by atoms with Crippen LogP contribution in [0.3, 0.4) is 0 Å². The molecule has 0 spiro atoms. The van der Waals surface area contributed by atoms with Crippen molar-refractivity contribution in [2.75, 3.05) is 6.54 Å². The van der Waals surface area contributed by atoms with Gasteiger partial charge >= 0.3 is 0 Å². The lowest BCUT2D eigenvalue weighted by Gasteiger charge is -1.97. The smallest absolute Gasteiger partial charge is 0.107 e.